The van der Waals surface area contributed by atoms with Crippen molar-refractivity contribution in [2.45, 2.75) is 13.5 Å². The lowest BCUT2D eigenvalue weighted by Crippen LogP contribution is -2.40. The van der Waals surface area contributed by atoms with Gasteiger partial charge in [-0.15, -0.1) is 0 Å². The molecule has 0 aliphatic heterocycles. The summed E-state index contributed by atoms with van der Waals surface area (Å²) < 4.78 is 31.6. The van der Waals surface area contributed by atoms with Crippen molar-refractivity contribution in [2.24, 2.45) is 0 Å². The summed E-state index contributed by atoms with van der Waals surface area (Å²) in [7, 11) is 1.57. The Hall–Kier alpha value is -2.96. The summed E-state index contributed by atoms with van der Waals surface area (Å²) in [6.07, 6.45) is 0. The van der Waals surface area contributed by atoms with Crippen LogP contribution in [0.2, 0.25) is 0 Å². The van der Waals surface area contributed by atoms with Crippen LogP contribution in [0.5, 0.6) is 5.75 Å². The third kappa shape index (κ3) is 5.02. The molecule has 0 radical (unpaired) electrons. The molecule has 0 aliphatic carbocycles. The van der Waals surface area contributed by atoms with Gasteiger partial charge in [-0.25, -0.2) is 8.78 Å². The van der Waals surface area contributed by atoms with Crippen molar-refractivity contribution < 1.29 is 23.1 Å². The number of carbonyl (C=O) groups excluding carboxylic acids is 2. The summed E-state index contributed by atoms with van der Waals surface area (Å²) in [5.41, 5.74) is 0.606. The quantitative estimate of drug-likeness (QED) is 0.824. The van der Waals surface area contributed by atoms with Gasteiger partial charge in [-0.2, -0.15) is 0 Å². The summed E-state index contributed by atoms with van der Waals surface area (Å²) in [4.78, 5) is 25.8. The van der Waals surface area contributed by atoms with Gasteiger partial charge in [0.15, 0.2) is 0 Å². The van der Waals surface area contributed by atoms with E-state index < -0.39 is 17.5 Å². The van der Waals surface area contributed by atoms with E-state index in [-0.39, 0.29) is 18.0 Å². The van der Waals surface area contributed by atoms with Crippen LogP contribution in [0.3, 0.4) is 0 Å². The molecular formula is C19H20F2N2O3. The minimum absolute atomic E-state index is 0.278. The normalized spacial score (nSPS) is 10.3. The van der Waals surface area contributed by atoms with E-state index in [1.54, 1.807) is 24.1 Å². The highest BCUT2D eigenvalue weighted by atomic mass is 19.1. The Morgan fingerprint density at radius 1 is 1.12 bits per heavy atom. The first kappa shape index (κ1) is 19.4. The van der Waals surface area contributed by atoms with E-state index in [1.165, 1.54) is 0 Å². The van der Waals surface area contributed by atoms with Crippen LogP contribution in [-0.2, 0) is 11.3 Å². The van der Waals surface area contributed by atoms with Crippen molar-refractivity contribution in [3.8, 4) is 5.75 Å². The first-order chi connectivity index (χ1) is 12.4. The molecule has 7 heteroatoms. The number of ether oxygens (including phenoxy) is 1. The molecule has 2 amide bonds. The molecule has 26 heavy (non-hydrogen) atoms. The van der Waals surface area contributed by atoms with Crippen molar-refractivity contribution in [3.63, 3.8) is 0 Å². The Kier molecular flexibility index (Phi) is 6.66. The zero-order valence-electron chi connectivity index (χ0n) is 14.6. The largest absolute Gasteiger partial charge is 0.497 e. The van der Waals surface area contributed by atoms with E-state index in [9.17, 15) is 18.4 Å². The number of nitrogens with one attached hydrogen (secondary N) is 1. The highest BCUT2D eigenvalue weighted by Crippen LogP contribution is 2.13. The van der Waals surface area contributed by atoms with Gasteiger partial charge in [-0.05, 0) is 36.8 Å². The number of halogens is 2. The fraction of sp³-hybridized carbons (Fsp3) is 0.263. The molecule has 0 unspecified atom stereocenters. The van der Waals surface area contributed by atoms with Crippen LogP contribution in [0.25, 0.3) is 0 Å². The molecule has 138 valence electrons. The Bertz CT molecular complexity index is 779. The zero-order chi connectivity index (χ0) is 19.1. The van der Waals surface area contributed by atoms with Crippen molar-refractivity contribution in [1.29, 1.82) is 0 Å². The molecule has 5 nitrogen and oxygen atoms in total. The van der Waals surface area contributed by atoms with Crippen LogP contribution >= 0.6 is 0 Å². The molecule has 0 aromatic heterocycles. The van der Waals surface area contributed by atoms with Crippen molar-refractivity contribution in [3.05, 3.63) is 65.2 Å². The predicted octanol–water partition coefficient (Wildman–Crippen LogP) is 2.75. The number of amides is 2. The molecular weight excluding hydrogens is 342 g/mol. The van der Waals surface area contributed by atoms with Crippen molar-refractivity contribution >= 4 is 11.8 Å². The summed E-state index contributed by atoms with van der Waals surface area (Å²) in [5, 5.41) is 2.37. The molecule has 0 spiro atoms. The summed E-state index contributed by atoms with van der Waals surface area (Å²) in [6.45, 7) is 2.37. The fourth-order valence-electron chi connectivity index (χ4n) is 2.36. The van der Waals surface area contributed by atoms with Crippen LogP contribution < -0.4 is 10.1 Å². The van der Waals surface area contributed by atoms with Gasteiger partial charge in [0.05, 0.1) is 19.2 Å². The maximum Gasteiger partial charge on any atom is 0.254 e. The molecule has 2 rings (SSSR count). The van der Waals surface area contributed by atoms with Crippen molar-refractivity contribution in [1.82, 2.24) is 10.2 Å². The Balaban J connectivity index is 1.94. The van der Waals surface area contributed by atoms with Crippen molar-refractivity contribution in [2.75, 3.05) is 20.2 Å². The Labute approximate surface area is 150 Å². The predicted molar refractivity (Wildman–Crippen MR) is 92.8 cm³/mol. The summed E-state index contributed by atoms with van der Waals surface area (Å²) >= 11 is 0. The monoisotopic (exact) mass is 362 g/mol. The summed E-state index contributed by atoms with van der Waals surface area (Å²) in [6, 6.07) is 9.95. The van der Waals surface area contributed by atoms with E-state index >= 15 is 0 Å². The lowest BCUT2D eigenvalue weighted by molar-refractivity contribution is -0.130. The van der Waals surface area contributed by atoms with E-state index in [0.717, 1.165) is 23.4 Å². The smallest absolute Gasteiger partial charge is 0.254 e. The zero-order valence-corrected chi connectivity index (χ0v) is 14.6. The lowest BCUT2D eigenvalue weighted by Gasteiger charge is -2.21. The van der Waals surface area contributed by atoms with E-state index in [0.29, 0.717) is 19.2 Å². The molecule has 0 saturated heterocycles. The number of hydrogen-bond donors (Lipinski definition) is 1. The lowest BCUT2D eigenvalue weighted by atomic mass is 10.2. The van der Waals surface area contributed by atoms with Gasteiger partial charge in [0, 0.05) is 19.2 Å². The van der Waals surface area contributed by atoms with Crippen LogP contribution in [0, 0.1) is 11.6 Å². The second kappa shape index (κ2) is 8.94. The number of hydrogen-bond acceptors (Lipinski definition) is 3. The van der Waals surface area contributed by atoms with E-state index in [4.69, 9.17) is 4.74 Å². The van der Waals surface area contributed by atoms with E-state index in [1.807, 2.05) is 19.1 Å². The Morgan fingerprint density at radius 2 is 1.81 bits per heavy atom. The van der Waals surface area contributed by atoms with Gasteiger partial charge in [0.2, 0.25) is 5.91 Å². The van der Waals surface area contributed by atoms with Gasteiger partial charge in [0.1, 0.15) is 17.4 Å². The molecule has 0 bridgehead atoms. The maximum absolute atomic E-state index is 13.6. The third-order valence-corrected chi connectivity index (χ3v) is 3.84. The molecule has 0 heterocycles. The van der Waals surface area contributed by atoms with Gasteiger partial charge < -0.3 is 15.0 Å². The molecule has 0 atom stereocenters. The molecule has 0 saturated carbocycles. The van der Waals surface area contributed by atoms with Crippen LogP contribution in [-0.4, -0.2) is 36.9 Å². The standard InChI is InChI=1S/C19H20F2N2O3/c1-3-23(12-13-4-7-15(26-2)8-5-13)18(24)11-22-19(25)16-9-6-14(20)10-17(16)21/h4-10H,3,11-12H2,1-2H3,(H,22,25). The molecule has 1 N–H and O–H groups in total. The van der Waals surface area contributed by atoms with Crippen LogP contribution in [0.15, 0.2) is 42.5 Å². The van der Waals surface area contributed by atoms with Crippen LogP contribution in [0.4, 0.5) is 8.78 Å². The maximum atomic E-state index is 13.6. The molecule has 0 aliphatic rings. The van der Waals surface area contributed by atoms with Crippen LogP contribution in [0.1, 0.15) is 22.8 Å². The number of benzene rings is 2. The second-order valence-electron chi connectivity index (χ2n) is 5.56. The van der Waals surface area contributed by atoms with Gasteiger partial charge >= 0.3 is 0 Å². The number of likely N-dealkylation sites (N-methyl/N-ethyl adjacent to an activating group) is 1. The number of methoxy groups -OCH3 is 1. The van der Waals surface area contributed by atoms with Gasteiger partial charge in [-0.1, -0.05) is 12.1 Å². The molecule has 2 aromatic carbocycles. The van der Waals surface area contributed by atoms with E-state index in [2.05, 4.69) is 5.32 Å². The topological polar surface area (TPSA) is 58.6 Å². The minimum atomic E-state index is -0.972. The second-order valence-corrected chi connectivity index (χ2v) is 5.56. The fourth-order valence-corrected chi connectivity index (χ4v) is 2.36. The first-order valence-electron chi connectivity index (χ1n) is 8.08. The number of nitrogens with zero attached hydrogens (tertiary/aromatic N) is 1. The minimum Gasteiger partial charge on any atom is -0.497 e. The number of carbonyl (C=O) groups is 2. The average molecular weight is 362 g/mol. The third-order valence-electron chi connectivity index (χ3n) is 3.84. The van der Waals surface area contributed by atoms with Gasteiger partial charge in [0.25, 0.3) is 5.91 Å². The number of rotatable bonds is 7. The highest BCUT2D eigenvalue weighted by molar-refractivity contribution is 5.96. The molecule has 2 aromatic rings. The first-order valence-corrected chi connectivity index (χ1v) is 8.08. The van der Waals surface area contributed by atoms with Gasteiger partial charge in [-0.3, -0.25) is 9.59 Å². The molecule has 0 fully saturated rings. The Morgan fingerprint density at radius 3 is 2.38 bits per heavy atom. The highest BCUT2D eigenvalue weighted by Gasteiger charge is 2.16. The summed E-state index contributed by atoms with van der Waals surface area (Å²) in [5.74, 6) is -2.10. The SMILES string of the molecule is CCN(Cc1ccc(OC)cc1)C(=O)CNC(=O)c1ccc(F)cc1F. The average Bonchev–Trinajstić information content (AvgIpc) is 2.64.